The third kappa shape index (κ3) is 6.88. The van der Waals surface area contributed by atoms with Gasteiger partial charge in [-0.25, -0.2) is 14.4 Å². The molecule has 0 aliphatic heterocycles. The van der Waals surface area contributed by atoms with Crippen LogP contribution in [0.25, 0.3) is 0 Å². The lowest BCUT2D eigenvalue weighted by atomic mass is 10.1. The Morgan fingerprint density at radius 3 is 1.74 bits per heavy atom. The van der Waals surface area contributed by atoms with Crippen LogP contribution in [-0.4, -0.2) is 55.3 Å². The van der Waals surface area contributed by atoms with E-state index >= 15 is 0 Å². The van der Waals surface area contributed by atoms with Crippen molar-refractivity contribution in [3.05, 3.63) is 89.0 Å². The van der Waals surface area contributed by atoms with Crippen LogP contribution in [0.1, 0.15) is 31.8 Å². The van der Waals surface area contributed by atoms with Gasteiger partial charge in [-0.05, 0) is 61.9 Å². The maximum atomic E-state index is 13.3. The van der Waals surface area contributed by atoms with Gasteiger partial charge in [-0.3, -0.25) is 4.79 Å². The predicted molar refractivity (Wildman–Crippen MR) is 137 cm³/mol. The predicted octanol–water partition coefficient (Wildman–Crippen LogP) is 3.79. The highest BCUT2D eigenvalue weighted by Crippen LogP contribution is 2.21. The fraction of sp³-hybridized carbons (Fsp3) is 0.214. The van der Waals surface area contributed by atoms with E-state index in [1.807, 2.05) is 13.0 Å². The summed E-state index contributed by atoms with van der Waals surface area (Å²) in [6.45, 7) is 3.62. The Kier molecular flexibility index (Phi) is 9.04. The van der Waals surface area contributed by atoms with Crippen LogP contribution >= 0.6 is 0 Å². The minimum atomic E-state index is -2.17. The Morgan fingerprint density at radius 1 is 0.737 bits per heavy atom. The quantitative estimate of drug-likeness (QED) is 0.382. The fourth-order valence-electron chi connectivity index (χ4n) is 3.52. The molecule has 0 saturated carbocycles. The molecular formula is C28H27NO9. The van der Waals surface area contributed by atoms with Gasteiger partial charge >= 0.3 is 17.9 Å². The summed E-state index contributed by atoms with van der Waals surface area (Å²) >= 11 is 0. The Labute approximate surface area is 219 Å². The van der Waals surface area contributed by atoms with Gasteiger partial charge in [0, 0.05) is 5.69 Å². The molecule has 0 radical (unpaired) electrons. The molecule has 0 fully saturated rings. The Balaban J connectivity index is 1.95. The average Bonchev–Trinajstić information content (AvgIpc) is 2.91. The topological polar surface area (TPSA) is 137 Å². The molecule has 0 unspecified atom stereocenters. The highest BCUT2D eigenvalue weighted by Gasteiger charge is 2.41. The van der Waals surface area contributed by atoms with E-state index in [4.69, 9.17) is 18.9 Å². The number of anilines is 1. The molecule has 198 valence electrons. The van der Waals surface area contributed by atoms with Crippen molar-refractivity contribution in [3.8, 4) is 11.5 Å². The molecule has 0 aromatic heterocycles. The van der Waals surface area contributed by atoms with Crippen LogP contribution in [0.3, 0.4) is 0 Å². The molecule has 2 atom stereocenters. The number of amides is 1. The molecule has 3 aromatic carbocycles. The molecule has 0 heterocycles. The molecule has 2 N–H and O–H groups in total. The first-order chi connectivity index (χ1) is 18.1. The number of rotatable bonds is 10. The number of carbonyl (C=O) groups is 4. The number of hydrogen-bond acceptors (Lipinski definition) is 8. The van der Waals surface area contributed by atoms with Crippen molar-refractivity contribution in [2.24, 2.45) is 0 Å². The minimum Gasteiger partial charge on any atom is -0.497 e. The molecule has 0 spiro atoms. The number of carboxylic acids is 1. The lowest BCUT2D eigenvalue weighted by Gasteiger charge is -2.24. The summed E-state index contributed by atoms with van der Waals surface area (Å²) in [7, 11) is 2.80. The van der Waals surface area contributed by atoms with Crippen LogP contribution in [0.4, 0.5) is 5.69 Å². The SMILES string of the molecule is COc1cccc(C(=O)O[C@H](C(=O)O)[C@H](OC(=O)c2cccc(OC)c2)C(=O)Nc2ccc(C)cc2C)c1. The number of carbonyl (C=O) groups excluding carboxylic acids is 3. The van der Waals surface area contributed by atoms with Crippen molar-refractivity contribution in [1.29, 1.82) is 0 Å². The van der Waals surface area contributed by atoms with Gasteiger partial charge in [0.15, 0.2) is 0 Å². The van der Waals surface area contributed by atoms with Crippen LogP contribution in [0, 0.1) is 13.8 Å². The number of ether oxygens (including phenoxy) is 4. The summed E-state index contributed by atoms with van der Waals surface area (Å²) in [6.07, 6.45) is -4.21. The van der Waals surface area contributed by atoms with Crippen LogP contribution in [-0.2, 0) is 19.1 Å². The van der Waals surface area contributed by atoms with Gasteiger partial charge in [0.25, 0.3) is 5.91 Å². The zero-order chi connectivity index (χ0) is 27.8. The molecule has 38 heavy (non-hydrogen) atoms. The molecule has 10 heteroatoms. The van der Waals surface area contributed by atoms with Crippen molar-refractivity contribution < 1.29 is 43.2 Å². The molecule has 3 rings (SSSR count). The van der Waals surface area contributed by atoms with Crippen molar-refractivity contribution in [1.82, 2.24) is 0 Å². The largest absolute Gasteiger partial charge is 0.497 e. The number of aryl methyl sites for hydroxylation is 2. The molecule has 0 aliphatic carbocycles. The van der Waals surface area contributed by atoms with Crippen molar-refractivity contribution in [2.45, 2.75) is 26.1 Å². The monoisotopic (exact) mass is 521 g/mol. The van der Waals surface area contributed by atoms with E-state index in [0.717, 1.165) is 5.56 Å². The van der Waals surface area contributed by atoms with Gasteiger partial charge in [-0.2, -0.15) is 0 Å². The number of methoxy groups -OCH3 is 2. The van der Waals surface area contributed by atoms with E-state index in [-0.39, 0.29) is 11.1 Å². The summed E-state index contributed by atoms with van der Waals surface area (Å²) in [4.78, 5) is 51.3. The smallest absolute Gasteiger partial charge is 0.349 e. The summed E-state index contributed by atoms with van der Waals surface area (Å²) in [5, 5.41) is 12.5. The highest BCUT2D eigenvalue weighted by atomic mass is 16.6. The second kappa shape index (κ2) is 12.4. The van der Waals surface area contributed by atoms with Crippen molar-refractivity contribution in [2.75, 3.05) is 19.5 Å². The Hall–Kier alpha value is -4.86. The highest BCUT2D eigenvalue weighted by molar-refractivity contribution is 6.02. The third-order valence-electron chi connectivity index (χ3n) is 5.50. The lowest BCUT2D eigenvalue weighted by molar-refractivity contribution is -0.157. The van der Waals surface area contributed by atoms with E-state index in [1.165, 1.54) is 50.6 Å². The number of benzene rings is 3. The summed E-state index contributed by atoms with van der Waals surface area (Å²) in [5.74, 6) is -4.10. The molecule has 0 aliphatic rings. The van der Waals surface area contributed by atoms with E-state index < -0.39 is 36.0 Å². The number of esters is 2. The second-order valence-electron chi connectivity index (χ2n) is 8.26. The second-order valence-corrected chi connectivity index (χ2v) is 8.26. The third-order valence-corrected chi connectivity index (χ3v) is 5.50. The van der Waals surface area contributed by atoms with Gasteiger partial charge in [0.1, 0.15) is 11.5 Å². The number of carboxylic acid groups (broad SMARTS) is 1. The molecule has 10 nitrogen and oxygen atoms in total. The summed E-state index contributed by atoms with van der Waals surface area (Å²) in [5.41, 5.74) is 1.97. The van der Waals surface area contributed by atoms with Crippen molar-refractivity contribution >= 4 is 29.5 Å². The average molecular weight is 522 g/mol. The number of aliphatic carboxylic acids is 1. The van der Waals surface area contributed by atoms with E-state index in [0.29, 0.717) is 22.7 Å². The van der Waals surface area contributed by atoms with Crippen LogP contribution in [0.15, 0.2) is 66.7 Å². The lowest BCUT2D eigenvalue weighted by Crippen LogP contribution is -2.48. The molecule has 1 amide bonds. The fourth-order valence-corrected chi connectivity index (χ4v) is 3.52. The van der Waals surface area contributed by atoms with E-state index in [2.05, 4.69) is 5.32 Å². The van der Waals surface area contributed by atoms with Crippen LogP contribution in [0.2, 0.25) is 0 Å². The normalized spacial score (nSPS) is 12.0. The van der Waals surface area contributed by atoms with Gasteiger partial charge in [0.05, 0.1) is 25.3 Å². The minimum absolute atomic E-state index is 0.00284. The molecule has 0 bridgehead atoms. The first-order valence-corrected chi connectivity index (χ1v) is 11.4. The van der Waals surface area contributed by atoms with Gasteiger partial charge < -0.3 is 29.4 Å². The standard InChI is InChI=1S/C28H27NO9/c1-16-11-12-22(17(2)13-16)29-25(30)23(37-27(33)18-7-5-9-20(14-18)35-3)24(26(31)32)38-28(34)19-8-6-10-21(15-19)36-4/h5-15,23-24H,1-4H3,(H,29,30)(H,31,32)/t23-,24-/m0/s1. The zero-order valence-corrected chi connectivity index (χ0v) is 21.2. The zero-order valence-electron chi connectivity index (χ0n) is 21.2. The van der Waals surface area contributed by atoms with Gasteiger partial charge in [-0.15, -0.1) is 0 Å². The number of hydrogen-bond donors (Lipinski definition) is 2. The van der Waals surface area contributed by atoms with E-state index in [1.54, 1.807) is 31.2 Å². The van der Waals surface area contributed by atoms with Crippen LogP contribution in [0.5, 0.6) is 11.5 Å². The molecule has 3 aromatic rings. The van der Waals surface area contributed by atoms with E-state index in [9.17, 15) is 24.3 Å². The first-order valence-electron chi connectivity index (χ1n) is 11.4. The molecular weight excluding hydrogens is 494 g/mol. The maximum Gasteiger partial charge on any atom is 0.349 e. The van der Waals surface area contributed by atoms with Gasteiger partial charge in [-0.1, -0.05) is 29.8 Å². The van der Waals surface area contributed by atoms with Crippen molar-refractivity contribution in [3.63, 3.8) is 0 Å². The summed E-state index contributed by atoms with van der Waals surface area (Å²) < 4.78 is 20.7. The molecule has 0 saturated heterocycles. The Morgan fingerprint density at radius 2 is 1.26 bits per heavy atom. The van der Waals surface area contributed by atoms with Gasteiger partial charge in [0.2, 0.25) is 12.2 Å². The first kappa shape index (κ1) is 27.7. The van der Waals surface area contributed by atoms with Crippen LogP contribution < -0.4 is 14.8 Å². The Bertz CT molecular complexity index is 1350. The maximum absolute atomic E-state index is 13.3. The number of nitrogens with one attached hydrogen (secondary N) is 1. The summed E-state index contributed by atoms with van der Waals surface area (Å²) in [6, 6.07) is 16.9.